The number of hydrogen-bond donors (Lipinski definition) is 1. The van der Waals surface area contributed by atoms with E-state index in [0.717, 1.165) is 38.2 Å². The molecule has 120 valence electrons. The number of aromatic nitrogens is 2. The van der Waals surface area contributed by atoms with Gasteiger partial charge in [-0.2, -0.15) is 0 Å². The van der Waals surface area contributed by atoms with E-state index in [2.05, 4.69) is 41.2 Å². The van der Waals surface area contributed by atoms with Crippen molar-refractivity contribution in [1.82, 2.24) is 14.9 Å². The van der Waals surface area contributed by atoms with E-state index in [1.165, 1.54) is 10.6 Å². The Morgan fingerprint density at radius 3 is 2.73 bits per heavy atom. The number of likely N-dealkylation sites (N-methyl/N-ethyl adjacent to an activating group) is 1. The molecule has 2 aromatic rings. The van der Waals surface area contributed by atoms with Gasteiger partial charge in [-0.1, -0.05) is 13.8 Å². The predicted molar refractivity (Wildman–Crippen MR) is 93.3 cm³/mol. The van der Waals surface area contributed by atoms with Gasteiger partial charge >= 0.3 is 0 Å². The minimum atomic E-state index is 0.467. The molecule has 0 radical (unpaired) electrons. The Morgan fingerprint density at radius 2 is 2.05 bits per heavy atom. The van der Waals surface area contributed by atoms with E-state index in [-0.39, 0.29) is 0 Å². The number of pyridine rings is 1. The molecule has 0 bridgehead atoms. The van der Waals surface area contributed by atoms with Gasteiger partial charge in [0, 0.05) is 43.2 Å². The Morgan fingerprint density at radius 1 is 1.27 bits per heavy atom. The topological polar surface area (TPSA) is 55.0 Å². The van der Waals surface area contributed by atoms with Gasteiger partial charge in [-0.05, 0) is 37.2 Å². The van der Waals surface area contributed by atoms with Gasteiger partial charge in [-0.3, -0.25) is 4.98 Å². The zero-order valence-corrected chi connectivity index (χ0v) is 14.4. The van der Waals surface area contributed by atoms with E-state index in [0.29, 0.717) is 12.5 Å². The SMILES string of the molecule is CCN(CCc1ccncc1)CC(C)c1nc(CCN)cs1. The second kappa shape index (κ2) is 8.98. The van der Waals surface area contributed by atoms with Crippen molar-refractivity contribution in [3.63, 3.8) is 0 Å². The lowest BCUT2D eigenvalue weighted by Gasteiger charge is -2.23. The Balaban J connectivity index is 1.85. The largest absolute Gasteiger partial charge is 0.330 e. The standard InChI is InChI=1S/C17H26N4S/c1-3-21(11-7-15-5-9-19-10-6-15)12-14(2)17-20-16(4-8-18)13-22-17/h5-6,9-10,13-14H,3-4,7-8,11-12,18H2,1-2H3. The van der Waals surface area contributed by atoms with Crippen molar-refractivity contribution in [2.24, 2.45) is 5.73 Å². The molecule has 2 rings (SSSR count). The van der Waals surface area contributed by atoms with Gasteiger partial charge in [-0.15, -0.1) is 11.3 Å². The molecule has 5 heteroatoms. The van der Waals surface area contributed by atoms with Crippen LogP contribution in [0.1, 0.15) is 36.0 Å². The lowest BCUT2D eigenvalue weighted by atomic mass is 10.1. The van der Waals surface area contributed by atoms with Gasteiger partial charge in [0.2, 0.25) is 0 Å². The van der Waals surface area contributed by atoms with Crippen molar-refractivity contribution in [3.05, 3.63) is 46.2 Å². The van der Waals surface area contributed by atoms with Crippen LogP contribution in [0.2, 0.25) is 0 Å². The molecule has 0 fully saturated rings. The van der Waals surface area contributed by atoms with Crippen molar-refractivity contribution in [2.75, 3.05) is 26.2 Å². The van der Waals surface area contributed by atoms with Gasteiger partial charge in [0.25, 0.3) is 0 Å². The van der Waals surface area contributed by atoms with Crippen LogP contribution in [-0.4, -0.2) is 41.0 Å². The predicted octanol–water partition coefficient (Wildman–Crippen LogP) is 2.71. The summed E-state index contributed by atoms with van der Waals surface area (Å²) >= 11 is 1.76. The first kappa shape index (κ1) is 17.1. The summed E-state index contributed by atoms with van der Waals surface area (Å²) < 4.78 is 0. The average molecular weight is 318 g/mol. The van der Waals surface area contributed by atoms with E-state index < -0.39 is 0 Å². The van der Waals surface area contributed by atoms with Crippen LogP contribution in [0.3, 0.4) is 0 Å². The maximum absolute atomic E-state index is 5.59. The highest BCUT2D eigenvalue weighted by atomic mass is 32.1. The first-order valence-corrected chi connectivity index (χ1v) is 8.86. The highest BCUT2D eigenvalue weighted by molar-refractivity contribution is 7.09. The van der Waals surface area contributed by atoms with Crippen LogP contribution in [0.25, 0.3) is 0 Å². The molecule has 2 heterocycles. The first-order valence-electron chi connectivity index (χ1n) is 7.98. The summed E-state index contributed by atoms with van der Waals surface area (Å²) in [5, 5.41) is 3.37. The third-order valence-electron chi connectivity index (χ3n) is 3.84. The summed E-state index contributed by atoms with van der Waals surface area (Å²) in [6.45, 7) is 8.35. The highest BCUT2D eigenvalue weighted by Crippen LogP contribution is 2.21. The van der Waals surface area contributed by atoms with Crippen LogP contribution in [0.15, 0.2) is 29.9 Å². The monoisotopic (exact) mass is 318 g/mol. The van der Waals surface area contributed by atoms with Crippen molar-refractivity contribution in [3.8, 4) is 0 Å². The molecule has 0 amide bonds. The number of nitrogens with two attached hydrogens (primary N) is 1. The lowest BCUT2D eigenvalue weighted by molar-refractivity contribution is 0.277. The molecule has 0 aromatic carbocycles. The van der Waals surface area contributed by atoms with Gasteiger partial charge in [0.05, 0.1) is 10.7 Å². The smallest absolute Gasteiger partial charge is 0.0969 e. The van der Waals surface area contributed by atoms with Gasteiger partial charge in [0.1, 0.15) is 0 Å². The minimum absolute atomic E-state index is 0.467. The molecule has 2 aromatic heterocycles. The average Bonchev–Trinajstić information content (AvgIpc) is 3.01. The van der Waals surface area contributed by atoms with E-state index in [1.807, 2.05) is 12.4 Å². The van der Waals surface area contributed by atoms with Crippen LogP contribution in [-0.2, 0) is 12.8 Å². The van der Waals surface area contributed by atoms with Crippen LogP contribution >= 0.6 is 11.3 Å². The van der Waals surface area contributed by atoms with Crippen molar-refractivity contribution >= 4 is 11.3 Å². The quantitative estimate of drug-likeness (QED) is 0.772. The fourth-order valence-electron chi connectivity index (χ4n) is 2.49. The summed E-state index contributed by atoms with van der Waals surface area (Å²) in [7, 11) is 0. The van der Waals surface area contributed by atoms with Crippen LogP contribution in [0, 0.1) is 0 Å². The van der Waals surface area contributed by atoms with E-state index >= 15 is 0 Å². The van der Waals surface area contributed by atoms with E-state index in [9.17, 15) is 0 Å². The number of hydrogen-bond acceptors (Lipinski definition) is 5. The maximum Gasteiger partial charge on any atom is 0.0969 e. The maximum atomic E-state index is 5.59. The lowest BCUT2D eigenvalue weighted by Crippen LogP contribution is -2.29. The fourth-order valence-corrected chi connectivity index (χ4v) is 3.40. The molecule has 0 saturated carbocycles. The Kier molecular flexibility index (Phi) is 6.96. The summed E-state index contributed by atoms with van der Waals surface area (Å²) in [6.07, 6.45) is 5.67. The summed E-state index contributed by atoms with van der Waals surface area (Å²) in [5.74, 6) is 0.467. The molecule has 0 aliphatic carbocycles. The van der Waals surface area contributed by atoms with Crippen molar-refractivity contribution < 1.29 is 0 Å². The second-order valence-corrected chi connectivity index (χ2v) is 6.51. The van der Waals surface area contributed by atoms with Gasteiger partial charge < -0.3 is 10.6 Å². The Bertz CT molecular complexity index is 541. The normalized spacial score (nSPS) is 12.7. The first-order chi connectivity index (χ1) is 10.7. The Labute approximate surface area is 137 Å². The second-order valence-electron chi connectivity index (χ2n) is 5.62. The van der Waals surface area contributed by atoms with Crippen molar-refractivity contribution in [2.45, 2.75) is 32.6 Å². The molecule has 0 aliphatic heterocycles. The summed E-state index contributed by atoms with van der Waals surface area (Å²) in [4.78, 5) is 11.3. The Hall–Kier alpha value is -1.30. The molecule has 2 N–H and O–H groups in total. The van der Waals surface area contributed by atoms with E-state index in [4.69, 9.17) is 10.7 Å². The number of rotatable bonds is 9. The molecular formula is C17H26N4S. The molecule has 0 spiro atoms. The zero-order chi connectivity index (χ0) is 15.8. The number of nitrogens with zero attached hydrogens (tertiary/aromatic N) is 3. The third kappa shape index (κ3) is 5.16. The highest BCUT2D eigenvalue weighted by Gasteiger charge is 2.14. The van der Waals surface area contributed by atoms with E-state index in [1.54, 1.807) is 11.3 Å². The van der Waals surface area contributed by atoms with Gasteiger partial charge in [0.15, 0.2) is 0 Å². The molecule has 0 aliphatic rings. The van der Waals surface area contributed by atoms with Gasteiger partial charge in [-0.25, -0.2) is 4.98 Å². The molecule has 4 nitrogen and oxygen atoms in total. The van der Waals surface area contributed by atoms with Crippen LogP contribution in [0.5, 0.6) is 0 Å². The molecular weight excluding hydrogens is 292 g/mol. The third-order valence-corrected chi connectivity index (χ3v) is 4.96. The molecule has 1 unspecified atom stereocenters. The summed E-state index contributed by atoms with van der Waals surface area (Å²) in [6, 6.07) is 4.19. The van der Waals surface area contributed by atoms with Crippen LogP contribution < -0.4 is 5.73 Å². The molecule has 0 saturated heterocycles. The van der Waals surface area contributed by atoms with Crippen LogP contribution in [0.4, 0.5) is 0 Å². The summed E-state index contributed by atoms with van der Waals surface area (Å²) in [5.41, 5.74) is 8.08. The number of thiazole rings is 1. The minimum Gasteiger partial charge on any atom is -0.330 e. The molecule has 1 atom stereocenters. The molecule has 22 heavy (non-hydrogen) atoms. The van der Waals surface area contributed by atoms with Crippen molar-refractivity contribution in [1.29, 1.82) is 0 Å². The zero-order valence-electron chi connectivity index (χ0n) is 13.5. The fraction of sp³-hybridized carbons (Fsp3) is 0.529.